The Bertz CT molecular complexity index is 341. The van der Waals surface area contributed by atoms with Gasteiger partial charge in [0.2, 0.25) is 6.29 Å². The molecular weight excluding hydrogens is 180 g/mol. The zero-order valence-corrected chi connectivity index (χ0v) is 7.53. The van der Waals surface area contributed by atoms with Crippen LogP contribution >= 0.6 is 0 Å². The molecule has 0 amide bonds. The van der Waals surface area contributed by atoms with Crippen molar-refractivity contribution in [3.05, 3.63) is 48.0 Å². The minimum absolute atomic E-state index is 0.139. The largest absolute Gasteiger partial charge is 0.457 e. The molecule has 0 unspecified atom stereocenters. The fourth-order valence-corrected chi connectivity index (χ4v) is 0.852. The Labute approximate surface area is 82.0 Å². The first-order valence-electron chi connectivity index (χ1n) is 4.02. The van der Waals surface area contributed by atoms with Crippen molar-refractivity contribution in [2.24, 2.45) is 0 Å². The number of benzene rings is 1. The number of esters is 1. The monoisotopic (exact) mass is 189 g/mol. The molecule has 0 spiro atoms. The van der Waals surface area contributed by atoms with Gasteiger partial charge in [-0.1, -0.05) is 36.9 Å². The number of hydrogen-bond acceptors (Lipinski definition) is 3. The number of carbonyl (C=O) groups is 1. The summed E-state index contributed by atoms with van der Waals surface area (Å²) in [5.41, 5.74) is 0.570. The Morgan fingerprint density at radius 2 is 2.00 bits per heavy atom. The van der Waals surface area contributed by atoms with Crippen LogP contribution in [0.2, 0.25) is 0 Å². The van der Waals surface area contributed by atoms with Crippen LogP contribution in [-0.2, 0) is 20.9 Å². The van der Waals surface area contributed by atoms with Crippen LogP contribution in [0.1, 0.15) is 5.56 Å². The smallest absolute Gasteiger partial charge is 0.341 e. The van der Waals surface area contributed by atoms with Gasteiger partial charge in [0.15, 0.2) is 0 Å². The zero-order chi connectivity index (χ0) is 10.4. The number of carbonyl (C=O) groups excluding carboxylic acids is 2. The van der Waals surface area contributed by atoms with E-state index < -0.39 is 5.97 Å². The van der Waals surface area contributed by atoms with E-state index >= 15 is 0 Å². The zero-order valence-electron chi connectivity index (χ0n) is 7.53. The van der Waals surface area contributed by atoms with E-state index in [1.807, 2.05) is 30.3 Å². The molecule has 0 aromatic heterocycles. The highest BCUT2D eigenvalue weighted by Gasteiger charge is 2.07. The lowest BCUT2D eigenvalue weighted by molar-refractivity contribution is -0.139. The summed E-state index contributed by atoms with van der Waals surface area (Å²) >= 11 is 0. The average molecular weight is 189 g/mol. The molecule has 0 aliphatic heterocycles. The molecule has 0 fully saturated rings. The lowest BCUT2D eigenvalue weighted by Crippen LogP contribution is -2.07. The lowest BCUT2D eigenvalue weighted by Gasteiger charge is -2.02. The van der Waals surface area contributed by atoms with Crippen molar-refractivity contribution >= 4 is 12.3 Å². The van der Waals surface area contributed by atoms with Gasteiger partial charge in [-0.15, -0.1) is 0 Å². The first-order chi connectivity index (χ1) is 6.74. The van der Waals surface area contributed by atoms with Crippen LogP contribution in [0.3, 0.4) is 0 Å². The third-order valence-electron chi connectivity index (χ3n) is 1.58. The molecule has 0 heterocycles. The highest BCUT2D eigenvalue weighted by molar-refractivity contribution is 6.07. The Balaban J connectivity index is 2.46. The fraction of sp³-hybridized carbons (Fsp3) is 0.0909. The van der Waals surface area contributed by atoms with Crippen LogP contribution in [0.4, 0.5) is 0 Å². The first kappa shape index (κ1) is 10.2. The summed E-state index contributed by atoms with van der Waals surface area (Å²) in [6, 6.07) is 9.18. The van der Waals surface area contributed by atoms with E-state index in [4.69, 9.17) is 4.74 Å². The Morgan fingerprint density at radius 1 is 1.36 bits per heavy atom. The van der Waals surface area contributed by atoms with Crippen LogP contribution < -0.4 is 0 Å². The second kappa shape index (κ2) is 4.97. The molecule has 1 rings (SSSR count). The fourth-order valence-electron chi connectivity index (χ4n) is 0.852. The summed E-state index contributed by atoms with van der Waals surface area (Å²) in [5, 5.41) is 0. The predicted octanol–water partition coefficient (Wildman–Crippen LogP) is 1.40. The van der Waals surface area contributed by atoms with E-state index in [0.717, 1.165) is 5.56 Å². The van der Waals surface area contributed by atoms with Gasteiger partial charge in [0.25, 0.3) is 0 Å². The maximum Gasteiger partial charge on any atom is 0.341 e. The molecule has 1 aromatic rings. The SMILES string of the molecule is C=C([C]=O)C(=O)OCc1ccccc1. The first-order valence-corrected chi connectivity index (χ1v) is 4.02. The van der Waals surface area contributed by atoms with Crippen molar-refractivity contribution in [1.82, 2.24) is 0 Å². The summed E-state index contributed by atoms with van der Waals surface area (Å²) in [6.07, 6.45) is 1.38. The molecule has 71 valence electrons. The van der Waals surface area contributed by atoms with Crippen molar-refractivity contribution < 1.29 is 14.3 Å². The molecule has 0 saturated heterocycles. The summed E-state index contributed by atoms with van der Waals surface area (Å²) in [4.78, 5) is 21.0. The lowest BCUT2D eigenvalue weighted by atomic mass is 10.2. The van der Waals surface area contributed by atoms with E-state index in [-0.39, 0.29) is 12.2 Å². The van der Waals surface area contributed by atoms with Gasteiger partial charge in [-0.05, 0) is 5.56 Å². The minimum atomic E-state index is -0.733. The molecule has 0 atom stereocenters. The van der Waals surface area contributed by atoms with Gasteiger partial charge in [0, 0.05) is 0 Å². The van der Waals surface area contributed by atoms with Gasteiger partial charge in [-0.25, -0.2) is 4.79 Å². The Morgan fingerprint density at radius 3 is 2.57 bits per heavy atom. The molecule has 0 N–H and O–H groups in total. The van der Waals surface area contributed by atoms with Crippen LogP contribution in [0.5, 0.6) is 0 Å². The Hall–Kier alpha value is -1.90. The van der Waals surface area contributed by atoms with Crippen molar-refractivity contribution in [1.29, 1.82) is 0 Å². The highest BCUT2D eigenvalue weighted by Crippen LogP contribution is 2.02. The minimum Gasteiger partial charge on any atom is -0.457 e. The van der Waals surface area contributed by atoms with Gasteiger partial charge in [0.05, 0.1) is 0 Å². The van der Waals surface area contributed by atoms with E-state index in [1.54, 1.807) is 0 Å². The van der Waals surface area contributed by atoms with Crippen molar-refractivity contribution in [3.63, 3.8) is 0 Å². The maximum atomic E-state index is 11.0. The van der Waals surface area contributed by atoms with E-state index in [2.05, 4.69) is 6.58 Å². The van der Waals surface area contributed by atoms with Crippen LogP contribution in [0, 0.1) is 0 Å². The van der Waals surface area contributed by atoms with Crippen molar-refractivity contribution in [3.8, 4) is 0 Å². The van der Waals surface area contributed by atoms with Crippen molar-refractivity contribution in [2.45, 2.75) is 6.61 Å². The molecule has 0 saturated carbocycles. The van der Waals surface area contributed by atoms with Gasteiger partial charge in [-0.2, -0.15) is 0 Å². The van der Waals surface area contributed by atoms with Gasteiger partial charge < -0.3 is 4.74 Å². The van der Waals surface area contributed by atoms with Gasteiger partial charge >= 0.3 is 5.97 Å². The van der Waals surface area contributed by atoms with Crippen LogP contribution in [-0.4, -0.2) is 12.3 Å². The van der Waals surface area contributed by atoms with Gasteiger partial charge in [0.1, 0.15) is 12.2 Å². The third-order valence-corrected chi connectivity index (χ3v) is 1.58. The molecular formula is C11H9O3. The van der Waals surface area contributed by atoms with Crippen molar-refractivity contribution in [2.75, 3.05) is 0 Å². The molecule has 0 bridgehead atoms. The standard InChI is InChI=1S/C11H9O3/c1-9(7-12)11(13)14-8-10-5-3-2-4-6-10/h2-6H,1,8H2. The second-order valence-electron chi connectivity index (χ2n) is 2.64. The summed E-state index contributed by atoms with van der Waals surface area (Å²) < 4.78 is 4.78. The topological polar surface area (TPSA) is 43.4 Å². The van der Waals surface area contributed by atoms with E-state index in [9.17, 15) is 9.59 Å². The average Bonchev–Trinajstić information content (AvgIpc) is 2.26. The molecule has 14 heavy (non-hydrogen) atoms. The molecule has 1 radical (unpaired) electrons. The van der Waals surface area contributed by atoms with E-state index in [1.165, 1.54) is 6.29 Å². The van der Waals surface area contributed by atoms with Gasteiger partial charge in [-0.3, -0.25) is 4.79 Å². The quantitative estimate of drug-likeness (QED) is 0.311. The molecule has 0 aliphatic carbocycles. The number of ether oxygens (including phenoxy) is 1. The summed E-state index contributed by atoms with van der Waals surface area (Å²) in [5.74, 6) is -0.733. The molecule has 1 aromatic carbocycles. The number of hydrogen-bond donors (Lipinski definition) is 0. The summed E-state index contributed by atoms with van der Waals surface area (Å²) in [6.45, 7) is 3.33. The maximum absolute atomic E-state index is 11.0. The molecule has 0 aliphatic rings. The molecule has 3 heteroatoms. The predicted molar refractivity (Wildman–Crippen MR) is 51.1 cm³/mol. The summed E-state index contributed by atoms with van der Waals surface area (Å²) in [7, 11) is 0. The van der Waals surface area contributed by atoms with Crippen LogP contribution in [0.25, 0.3) is 0 Å². The van der Waals surface area contributed by atoms with Crippen LogP contribution in [0.15, 0.2) is 42.5 Å². The second-order valence-corrected chi connectivity index (χ2v) is 2.64. The third kappa shape index (κ3) is 2.86. The molecule has 3 nitrogen and oxygen atoms in total. The highest BCUT2D eigenvalue weighted by atomic mass is 16.5. The normalized spacial score (nSPS) is 9.14. The Kier molecular flexibility index (Phi) is 3.61. The van der Waals surface area contributed by atoms with E-state index in [0.29, 0.717) is 0 Å². The number of rotatable bonds is 4.